The van der Waals surface area contributed by atoms with Crippen LogP contribution < -0.4 is 0 Å². The lowest BCUT2D eigenvalue weighted by molar-refractivity contribution is 0.342. The minimum absolute atomic E-state index is 0.0740. The van der Waals surface area contributed by atoms with E-state index in [0.717, 1.165) is 6.21 Å². The molecule has 12 heavy (non-hydrogen) atoms. The Morgan fingerprint density at radius 2 is 2.25 bits per heavy atom. The molecule has 0 amide bonds. The number of hydrogen-bond acceptors (Lipinski definition) is 2. The lowest BCUT2D eigenvalue weighted by Crippen LogP contribution is -1.81. The van der Waals surface area contributed by atoms with Crippen molar-refractivity contribution in [3.8, 4) is 0 Å². The van der Waals surface area contributed by atoms with Crippen LogP contribution in [0.5, 0.6) is 0 Å². The SMILES string of the molecule is CC\C(C)=C(F)/C=N/C=C/CO. The van der Waals surface area contributed by atoms with E-state index in [9.17, 15) is 4.39 Å². The van der Waals surface area contributed by atoms with E-state index >= 15 is 0 Å². The molecule has 0 aromatic rings. The molecule has 0 atom stereocenters. The van der Waals surface area contributed by atoms with Crippen molar-refractivity contribution in [2.24, 2.45) is 4.99 Å². The van der Waals surface area contributed by atoms with Crippen molar-refractivity contribution in [1.82, 2.24) is 0 Å². The molecule has 0 fully saturated rings. The standard InChI is InChI=1S/C9H14FNO/c1-3-8(2)9(10)7-11-5-4-6-12/h4-5,7,12H,3,6H2,1-2H3/b5-4+,9-8+,11-7+. The van der Waals surface area contributed by atoms with Gasteiger partial charge in [-0.3, -0.25) is 4.99 Å². The van der Waals surface area contributed by atoms with Gasteiger partial charge in [-0.15, -0.1) is 0 Å². The molecule has 0 aliphatic carbocycles. The second-order valence-corrected chi connectivity index (χ2v) is 2.33. The van der Waals surface area contributed by atoms with Crippen molar-refractivity contribution in [3.63, 3.8) is 0 Å². The second-order valence-electron chi connectivity index (χ2n) is 2.33. The number of nitrogens with zero attached hydrogens (tertiary/aromatic N) is 1. The van der Waals surface area contributed by atoms with Crippen molar-refractivity contribution in [1.29, 1.82) is 0 Å². The number of halogens is 1. The Bertz CT molecular complexity index is 207. The normalized spacial score (nSPS) is 14.3. The van der Waals surface area contributed by atoms with Gasteiger partial charge >= 0.3 is 0 Å². The summed E-state index contributed by atoms with van der Waals surface area (Å²) >= 11 is 0. The number of aliphatic imine (C=N–C) groups is 1. The fraction of sp³-hybridized carbons (Fsp3) is 0.444. The largest absolute Gasteiger partial charge is 0.392 e. The summed E-state index contributed by atoms with van der Waals surface area (Å²) in [5.74, 6) is -0.305. The van der Waals surface area contributed by atoms with E-state index in [0.29, 0.717) is 12.0 Å². The summed E-state index contributed by atoms with van der Waals surface area (Å²) in [6, 6.07) is 0. The van der Waals surface area contributed by atoms with Crippen molar-refractivity contribution in [2.75, 3.05) is 6.61 Å². The molecule has 0 bridgehead atoms. The molecule has 0 spiro atoms. The van der Waals surface area contributed by atoms with E-state index in [4.69, 9.17) is 5.11 Å². The molecular weight excluding hydrogens is 157 g/mol. The fourth-order valence-electron chi connectivity index (χ4n) is 0.496. The van der Waals surface area contributed by atoms with E-state index < -0.39 is 0 Å². The zero-order valence-corrected chi connectivity index (χ0v) is 7.42. The third-order valence-electron chi connectivity index (χ3n) is 1.42. The minimum Gasteiger partial charge on any atom is -0.392 e. The predicted molar refractivity (Wildman–Crippen MR) is 48.8 cm³/mol. The van der Waals surface area contributed by atoms with E-state index in [1.807, 2.05) is 6.92 Å². The Hall–Kier alpha value is -0.960. The maximum absolute atomic E-state index is 12.9. The van der Waals surface area contributed by atoms with E-state index in [-0.39, 0.29) is 12.4 Å². The highest BCUT2D eigenvalue weighted by Gasteiger charge is 1.93. The lowest BCUT2D eigenvalue weighted by Gasteiger charge is -1.92. The minimum atomic E-state index is -0.305. The van der Waals surface area contributed by atoms with E-state index in [1.54, 1.807) is 6.92 Å². The zero-order chi connectivity index (χ0) is 9.40. The van der Waals surface area contributed by atoms with Crippen LogP contribution in [0.2, 0.25) is 0 Å². The summed E-state index contributed by atoms with van der Waals surface area (Å²) in [4.78, 5) is 3.63. The lowest BCUT2D eigenvalue weighted by atomic mass is 10.2. The molecular formula is C9H14FNO. The Kier molecular flexibility index (Phi) is 6.19. The Morgan fingerprint density at radius 3 is 2.75 bits per heavy atom. The molecule has 1 N–H and O–H groups in total. The summed E-state index contributed by atoms with van der Waals surface area (Å²) in [6.07, 6.45) is 4.63. The van der Waals surface area contributed by atoms with Gasteiger partial charge in [-0.2, -0.15) is 0 Å². The highest BCUT2D eigenvalue weighted by molar-refractivity contribution is 5.77. The van der Waals surface area contributed by atoms with Crippen LogP contribution in [-0.4, -0.2) is 17.9 Å². The van der Waals surface area contributed by atoms with Crippen LogP contribution in [0.15, 0.2) is 28.7 Å². The number of rotatable bonds is 4. The Balaban J connectivity index is 4.07. The third-order valence-corrected chi connectivity index (χ3v) is 1.42. The van der Waals surface area contributed by atoms with E-state index in [1.165, 1.54) is 12.3 Å². The molecule has 0 aliphatic heterocycles. The molecule has 68 valence electrons. The van der Waals surface area contributed by atoms with Gasteiger partial charge in [-0.1, -0.05) is 6.92 Å². The molecule has 3 heteroatoms. The van der Waals surface area contributed by atoms with Gasteiger partial charge in [-0.25, -0.2) is 4.39 Å². The van der Waals surface area contributed by atoms with Crippen LogP contribution in [-0.2, 0) is 0 Å². The summed E-state index contributed by atoms with van der Waals surface area (Å²) in [5, 5.41) is 8.32. The molecule has 0 rings (SSSR count). The van der Waals surface area contributed by atoms with Gasteiger partial charge in [0, 0.05) is 6.20 Å². The second kappa shape index (κ2) is 6.73. The van der Waals surface area contributed by atoms with Gasteiger partial charge in [0.15, 0.2) is 0 Å². The molecule has 0 radical (unpaired) electrons. The summed E-state index contributed by atoms with van der Waals surface area (Å²) in [5.41, 5.74) is 0.677. The van der Waals surface area contributed by atoms with E-state index in [2.05, 4.69) is 4.99 Å². The van der Waals surface area contributed by atoms with Crippen molar-refractivity contribution in [2.45, 2.75) is 20.3 Å². The number of allylic oxidation sites excluding steroid dienone is 2. The summed E-state index contributed by atoms with van der Waals surface area (Å²) in [6.45, 7) is 3.53. The number of hydrogen-bond donors (Lipinski definition) is 1. The van der Waals surface area contributed by atoms with Crippen LogP contribution in [0, 0.1) is 0 Å². The van der Waals surface area contributed by atoms with Gasteiger partial charge in [0.1, 0.15) is 5.83 Å². The quantitative estimate of drug-likeness (QED) is 0.646. The Morgan fingerprint density at radius 1 is 1.58 bits per heavy atom. The van der Waals surface area contributed by atoms with Gasteiger partial charge < -0.3 is 5.11 Å². The number of aliphatic hydroxyl groups excluding tert-OH is 1. The molecule has 0 saturated carbocycles. The van der Waals surface area contributed by atoms with Crippen molar-refractivity contribution in [3.05, 3.63) is 23.7 Å². The van der Waals surface area contributed by atoms with Crippen LogP contribution in [0.1, 0.15) is 20.3 Å². The van der Waals surface area contributed by atoms with Crippen LogP contribution in [0.3, 0.4) is 0 Å². The monoisotopic (exact) mass is 171 g/mol. The first-order chi connectivity index (χ1) is 5.72. The van der Waals surface area contributed by atoms with Gasteiger partial charge in [-0.05, 0) is 25.0 Å². The number of aliphatic hydroxyl groups is 1. The maximum atomic E-state index is 12.9. The van der Waals surface area contributed by atoms with Crippen LogP contribution in [0.4, 0.5) is 4.39 Å². The highest BCUT2D eigenvalue weighted by Crippen LogP contribution is 2.06. The van der Waals surface area contributed by atoms with Gasteiger partial charge in [0.05, 0.1) is 12.8 Å². The summed E-state index contributed by atoms with van der Waals surface area (Å²) < 4.78 is 12.9. The van der Waals surface area contributed by atoms with Crippen molar-refractivity contribution < 1.29 is 9.50 Å². The predicted octanol–water partition coefficient (Wildman–Crippen LogP) is 2.22. The molecule has 0 saturated heterocycles. The molecule has 2 nitrogen and oxygen atoms in total. The average molecular weight is 171 g/mol. The third kappa shape index (κ3) is 4.79. The molecule has 0 unspecified atom stereocenters. The fourth-order valence-corrected chi connectivity index (χ4v) is 0.496. The topological polar surface area (TPSA) is 32.6 Å². The first kappa shape index (κ1) is 11.0. The van der Waals surface area contributed by atoms with Crippen LogP contribution in [0.25, 0.3) is 0 Å². The molecule has 0 aromatic carbocycles. The van der Waals surface area contributed by atoms with Crippen LogP contribution >= 0.6 is 0 Å². The molecule has 0 aromatic heterocycles. The Labute approximate surface area is 72.1 Å². The highest BCUT2D eigenvalue weighted by atomic mass is 19.1. The smallest absolute Gasteiger partial charge is 0.140 e. The average Bonchev–Trinajstić information content (AvgIpc) is 2.10. The van der Waals surface area contributed by atoms with Gasteiger partial charge in [0.2, 0.25) is 0 Å². The van der Waals surface area contributed by atoms with Crippen molar-refractivity contribution >= 4 is 6.21 Å². The summed E-state index contributed by atoms with van der Waals surface area (Å²) in [7, 11) is 0. The molecule has 0 aliphatic rings. The zero-order valence-electron chi connectivity index (χ0n) is 7.42. The van der Waals surface area contributed by atoms with Gasteiger partial charge in [0.25, 0.3) is 0 Å². The first-order valence-electron chi connectivity index (χ1n) is 3.86. The first-order valence-corrected chi connectivity index (χ1v) is 3.86. The molecule has 0 heterocycles. The maximum Gasteiger partial charge on any atom is 0.140 e.